The van der Waals surface area contributed by atoms with Gasteiger partial charge in [0.15, 0.2) is 5.41 Å². The highest BCUT2D eigenvalue weighted by molar-refractivity contribution is 6.00. The van der Waals surface area contributed by atoms with Gasteiger partial charge in [-0.2, -0.15) is 13.2 Å². The summed E-state index contributed by atoms with van der Waals surface area (Å²) in [6.45, 7) is 0.0168. The summed E-state index contributed by atoms with van der Waals surface area (Å²) in [7, 11) is 0. The summed E-state index contributed by atoms with van der Waals surface area (Å²) in [6, 6.07) is -0.897. The number of halogens is 3. The Balaban J connectivity index is 2.92. The van der Waals surface area contributed by atoms with Crippen molar-refractivity contribution in [2.45, 2.75) is 13.1 Å². The number of carbonyl (C=O) groups is 2. The van der Waals surface area contributed by atoms with Crippen molar-refractivity contribution in [3.05, 3.63) is 0 Å². The molecule has 74 valence electrons. The van der Waals surface area contributed by atoms with E-state index in [2.05, 4.69) is 0 Å². The molecular formula is C6H7F3N2O2. The molecule has 1 atom stereocenters. The predicted molar refractivity (Wildman–Crippen MR) is 35.7 cm³/mol. The molecule has 2 N–H and O–H groups in total. The summed E-state index contributed by atoms with van der Waals surface area (Å²) in [5.41, 5.74) is -2.53. The van der Waals surface area contributed by atoms with E-state index in [-0.39, 0.29) is 0 Å². The van der Waals surface area contributed by atoms with Gasteiger partial charge in [0.1, 0.15) is 0 Å². The quantitative estimate of drug-likeness (QED) is 0.589. The zero-order valence-electron chi connectivity index (χ0n) is 6.66. The van der Waals surface area contributed by atoms with Crippen LogP contribution in [0.5, 0.6) is 0 Å². The molecule has 1 unspecified atom stereocenters. The lowest BCUT2D eigenvalue weighted by Gasteiger charge is -2.33. The van der Waals surface area contributed by atoms with Gasteiger partial charge in [0.25, 0.3) is 0 Å². The smallest absolute Gasteiger partial charge is 0.336 e. The van der Waals surface area contributed by atoms with Gasteiger partial charge in [-0.3, -0.25) is 10.1 Å². The van der Waals surface area contributed by atoms with Crippen molar-refractivity contribution in [1.29, 1.82) is 0 Å². The highest BCUT2D eigenvalue weighted by atomic mass is 19.4. The molecule has 1 saturated heterocycles. The van der Waals surface area contributed by atoms with Crippen molar-refractivity contribution < 1.29 is 22.8 Å². The number of amides is 3. The molecule has 13 heavy (non-hydrogen) atoms. The maximum Gasteiger partial charge on any atom is 0.404 e. The van der Waals surface area contributed by atoms with Crippen LogP contribution in [0.15, 0.2) is 0 Å². The molecule has 1 aliphatic rings. The first kappa shape index (κ1) is 9.82. The Morgan fingerprint density at radius 2 is 1.92 bits per heavy atom. The third-order valence-electron chi connectivity index (χ3n) is 1.96. The predicted octanol–water partition coefficient (Wildman–Crippen LogP) is 0.394. The molecule has 0 aliphatic carbocycles. The average Bonchev–Trinajstić information content (AvgIpc) is 1.95. The lowest BCUT2D eigenvalue weighted by atomic mass is 9.87. The van der Waals surface area contributed by atoms with E-state index in [4.69, 9.17) is 0 Å². The lowest BCUT2D eigenvalue weighted by molar-refractivity contribution is -0.215. The number of carbonyl (C=O) groups excluding carboxylic acids is 2. The fourth-order valence-corrected chi connectivity index (χ4v) is 0.852. The van der Waals surface area contributed by atoms with Crippen LogP contribution in [0.3, 0.4) is 0 Å². The summed E-state index contributed by atoms with van der Waals surface area (Å²) < 4.78 is 36.9. The van der Waals surface area contributed by atoms with E-state index in [1.165, 1.54) is 0 Å². The van der Waals surface area contributed by atoms with Gasteiger partial charge in [-0.05, 0) is 6.92 Å². The molecule has 7 heteroatoms. The van der Waals surface area contributed by atoms with Crippen LogP contribution in [0.4, 0.5) is 18.0 Å². The van der Waals surface area contributed by atoms with Gasteiger partial charge in [0.05, 0.1) is 0 Å². The summed E-state index contributed by atoms with van der Waals surface area (Å²) >= 11 is 0. The van der Waals surface area contributed by atoms with Gasteiger partial charge in [-0.15, -0.1) is 0 Å². The molecule has 0 aromatic carbocycles. The molecule has 1 heterocycles. The van der Waals surface area contributed by atoms with E-state index >= 15 is 0 Å². The van der Waals surface area contributed by atoms with Crippen molar-refractivity contribution in [1.82, 2.24) is 10.6 Å². The van der Waals surface area contributed by atoms with Gasteiger partial charge in [-0.25, -0.2) is 4.79 Å². The molecule has 0 spiro atoms. The SMILES string of the molecule is CC1(C(F)(F)F)CNC(=O)NC1=O. The monoisotopic (exact) mass is 196 g/mol. The molecule has 0 aromatic rings. The van der Waals surface area contributed by atoms with Crippen LogP contribution in [-0.2, 0) is 4.79 Å². The van der Waals surface area contributed by atoms with E-state index in [0.717, 1.165) is 6.92 Å². The maximum atomic E-state index is 12.3. The van der Waals surface area contributed by atoms with Crippen LogP contribution in [0.2, 0.25) is 0 Å². The second-order valence-electron chi connectivity index (χ2n) is 2.97. The van der Waals surface area contributed by atoms with Crippen LogP contribution in [0.25, 0.3) is 0 Å². The Bertz CT molecular complexity index is 263. The van der Waals surface area contributed by atoms with E-state index < -0.39 is 30.1 Å². The molecule has 0 bridgehead atoms. The minimum absolute atomic E-state index is 0.721. The second-order valence-corrected chi connectivity index (χ2v) is 2.97. The summed E-state index contributed by atoms with van der Waals surface area (Å²) in [5.74, 6) is -1.32. The Labute approximate surface area is 71.5 Å². The number of alkyl halides is 3. The maximum absolute atomic E-state index is 12.3. The van der Waals surface area contributed by atoms with Crippen molar-refractivity contribution in [2.24, 2.45) is 5.41 Å². The largest absolute Gasteiger partial charge is 0.404 e. The molecular weight excluding hydrogens is 189 g/mol. The topological polar surface area (TPSA) is 58.2 Å². The van der Waals surface area contributed by atoms with E-state index in [0.29, 0.717) is 0 Å². The molecule has 0 saturated carbocycles. The van der Waals surface area contributed by atoms with Crippen LogP contribution >= 0.6 is 0 Å². The fraction of sp³-hybridized carbons (Fsp3) is 0.667. The Hall–Kier alpha value is -1.27. The van der Waals surface area contributed by atoms with Crippen LogP contribution < -0.4 is 10.6 Å². The van der Waals surface area contributed by atoms with Crippen molar-refractivity contribution in [2.75, 3.05) is 6.54 Å². The number of nitrogens with one attached hydrogen (secondary N) is 2. The van der Waals surface area contributed by atoms with Gasteiger partial charge >= 0.3 is 12.2 Å². The second kappa shape index (κ2) is 2.61. The third-order valence-corrected chi connectivity index (χ3v) is 1.96. The first-order valence-corrected chi connectivity index (χ1v) is 3.43. The van der Waals surface area contributed by atoms with Crippen LogP contribution in [0, 0.1) is 5.41 Å². The van der Waals surface area contributed by atoms with Gasteiger partial charge in [0.2, 0.25) is 5.91 Å². The summed E-state index contributed by atoms with van der Waals surface area (Å²) in [4.78, 5) is 21.4. The molecule has 3 amide bonds. The highest BCUT2D eigenvalue weighted by Gasteiger charge is 2.58. The van der Waals surface area contributed by atoms with E-state index in [1.54, 1.807) is 5.32 Å². The van der Waals surface area contributed by atoms with Crippen LogP contribution in [0.1, 0.15) is 6.92 Å². The highest BCUT2D eigenvalue weighted by Crippen LogP contribution is 2.38. The first-order chi connectivity index (χ1) is 5.77. The van der Waals surface area contributed by atoms with E-state index in [1.807, 2.05) is 5.32 Å². The molecule has 0 radical (unpaired) electrons. The molecule has 1 fully saturated rings. The normalized spacial score (nSPS) is 29.5. The minimum atomic E-state index is -4.66. The number of urea groups is 1. The standard InChI is InChI=1S/C6H7F3N2O2/c1-5(6(7,8)9)2-10-4(13)11-3(5)12/h2H2,1H3,(H2,10,11,12,13). The summed E-state index contributed by atoms with van der Waals surface area (Å²) in [5, 5.41) is 3.49. The van der Waals surface area contributed by atoms with Crippen molar-refractivity contribution in [3.63, 3.8) is 0 Å². The van der Waals surface area contributed by atoms with Gasteiger partial charge in [0, 0.05) is 6.54 Å². The number of rotatable bonds is 0. The fourth-order valence-electron chi connectivity index (χ4n) is 0.852. The number of hydrogen-bond donors (Lipinski definition) is 2. The Kier molecular flexibility index (Phi) is 1.97. The first-order valence-electron chi connectivity index (χ1n) is 3.43. The molecule has 1 aliphatic heterocycles. The Morgan fingerprint density at radius 3 is 2.31 bits per heavy atom. The number of hydrogen-bond acceptors (Lipinski definition) is 2. The van der Waals surface area contributed by atoms with Crippen molar-refractivity contribution >= 4 is 11.9 Å². The lowest BCUT2D eigenvalue weighted by Crippen LogP contribution is -2.62. The van der Waals surface area contributed by atoms with Gasteiger partial charge < -0.3 is 5.32 Å². The summed E-state index contributed by atoms with van der Waals surface area (Å²) in [6.07, 6.45) is -4.66. The molecule has 0 aromatic heterocycles. The average molecular weight is 196 g/mol. The molecule has 1 rings (SSSR count). The van der Waals surface area contributed by atoms with E-state index in [9.17, 15) is 22.8 Å². The Morgan fingerprint density at radius 1 is 1.38 bits per heavy atom. The third kappa shape index (κ3) is 1.45. The molecule has 4 nitrogen and oxygen atoms in total. The van der Waals surface area contributed by atoms with Gasteiger partial charge in [-0.1, -0.05) is 0 Å². The number of imide groups is 1. The zero-order valence-corrected chi connectivity index (χ0v) is 6.66. The zero-order chi connectivity index (χ0) is 10.3. The van der Waals surface area contributed by atoms with Crippen LogP contribution in [-0.4, -0.2) is 24.7 Å². The van der Waals surface area contributed by atoms with Crippen molar-refractivity contribution in [3.8, 4) is 0 Å². The minimum Gasteiger partial charge on any atom is -0.336 e.